The zero-order chi connectivity index (χ0) is 24.4. The van der Waals surface area contributed by atoms with Crippen molar-refractivity contribution in [1.82, 2.24) is 8.61 Å². The second kappa shape index (κ2) is 9.59. The van der Waals surface area contributed by atoms with Crippen LogP contribution >= 0.6 is 0 Å². The smallest absolute Gasteiger partial charge is 0.339 e. The van der Waals surface area contributed by atoms with Crippen LogP contribution in [0.15, 0.2) is 58.3 Å². The molecule has 0 bridgehead atoms. The molecule has 0 aromatic heterocycles. The quantitative estimate of drug-likeness (QED) is 0.548. The van der Waals surface area contributed by atoms with Gasteiger partial charge in [0, 0.05) is 25.7 Å². The summed E-state index contributed by atoms with van der Waals surface area (Å²) in [6, 6.07) is 10.6. The van der Waals surface area contributed by atoms with E-state index >= 15 is 0 Å². The van der Waals surface area contributed by atoms with Gasteiger partial charge in [-0.3, -0.25) is 0 Å². The van der Waals surface area contributed by atoms with Crippen LogP contribution in [0.3, 0.4) is 0 Å². The SMILES string of the molecule is COC(=O)c1ccccc1S(=O)(=O)N1CCN(S(=O)(=O)c2ccccc2C(=O)OC)C(C)C1. The highest BCUT2D eigenvalue weighted by molar-refractivity contribution is 7.89. The largest absolute Gasteiger partial charge is 0.465 e. The number of esters is 2. The fourth-order valence-corrected chi connectivity index (χ4v) is 7.18. The molecule has 12 heteroatoms. The maximum absolute atomic E-state index is 13.3. The van der Waals surface area contributed by atoms with E-state index in [2.05, 4.69) is 9.47 Å². The van der Waals surface area contributed by atoms with E-state index in [1.807, 2.05) is 0 Å². The van der Waals surface area contributed by atoms with Gasteiger partial charge in [-0.15, -0.1) is 0 Å². The summed E-state index contributed by atoms with van der Waals surface area (Å²) in [7, 11) is -5.91. The van der Waals surface area contributed by atoms with Gasteiger partial charge in [-0.1, -0.05) is 24.3 Å². The molecule has 1 heterocycles. The summed E-state index contributed by atoms with van der Waals surface area (Å²) in [5, 5.41) is 0. The minimum atomic E-state index is -4.12. The first-order chi connectivity index (χ1) is 15.6. The molecule has 2 aromatic rings. The predicted octanol–water partition coefficient (Wildman–Crippen LogP) is 1.34. The van der Waals surface area contributed by atoms with E-state index in [1.165, 1.54) is 48.5 Å². The molecule has 178 valence electrons. The number of nitrogens with zero attached hydrogens (tertiary/aromatic N) is 2. The normalized spacial score (nSPS) is 18.0. The van der Waals surface area contributed by atoms with E-state index in [0.29, 0.717) is 0 Å². The van der Waals surface area contributed by atoms with Crippen molar-refractivity contribution in [2.75, 3.05) is 33.9 Å². The molecule has 0 amide bonds. The molecule has 0 spiro atoms. The highest BCUT2D eigenvalue weighted by atomic mass is 32.2. The fourth-order valence-electron chi connectivity index (χ4n) is 3.69. The average Bonchev–Trinajstić information content (AvgIpc) is 2.82. The molecule has 0 saturated carbocycles. The van der Waals surface area contributed by atoms with Crippen molar-refractivity contribution in [2.24, 2.45) is 0 Å². The van der Waals surface area contributed by atoms with Gasteiger partial charge in [0.1, 0.15) is 0 Å². The Morgan fingerprint density at radius 1 is 0.788 bits per heavy atom. The van der Waals surface area contributed by atoms with Crippen LogP contribution in [0, 0.1) is 0 Å². The molecule has 0 aliphatic carbocycles. The van der Waals surface area contributed by atoms with Crippen LogP contribution in [0.1, 0.15) is 27.6 Å². The van der Waals surface area contributed by atoms with Crippen molar-refractivity contribution in [3.8, 4) is 0 Å². The van der Waals surface area contributed by atoms with E-state index < -0.39 is 38.0 Å². The Hall–Kier alpha value is -2.80. The molecule has 1 fully saturated rings. The summed E-state index contributed by atoms with van der Waals surface area (Å²) >= 11 is 0. The Morgan fingerprint density at radius 3 is 1.70 bits per heavy atom. The van der Waals surface area contributed by atoms with E-state index in [1.54, 1.807) is 6.92 Å². The van der Waals surface area contributed by atoms with Crippen molar-refractivity contribution in [1.29, 1.82) is 0 Å². The summed E-state index contributed by atoms with van der Waals surface area (Å²) in [5.41, 5.74) is -0.205. The first-order valence-corrected chi connectivity index (χ1v) is 12.8. The number of rotatable bonds is 6. The fraction of sp³-hybridized carbons (Fsp3) is 0.333. The lowest BCUT2D eigenvalue weighted by molar-refractivity contribution is 0.0587. The summed E-state index contributed by atoms with van der Waals surface area (Å²) in [6.07, 6.45) is 0. The molecule has 10 nitrogen and oxygen atoms in total. The van der Waals surface area contributed by atoms with Crippen LogP contribution in [0.5, 0.6) is 0 Å². The van der Waals surface area contributed by atoms with Crippen LogP contribution in [0.2, 0.25) is 0 Å². The Labute approximate surface area is 192 Å². The Balaban J connectivity index is 1.91. The molecular weight excluding hydrogens is 472 g/mol. The Morgan fingerprint density at radius 2 is 1.24 bits per heavy atom. The molecule has 1 aliphatic rings. The van der Waals surface area contributed by atoms with Crippen LogP contribution < -0.4 is 0 Å². The topological polar surface area (TPSA) is 127 Å². The molecular formula is C21H24N2O8S2. The number of carbonyl (C=O) groups excluding carboxylic acids is 2. The molecule has 2 aromatic carbocycles. The number of sulfonamides is 2. The van der Waals surface area contributed by atoms with Gasteiger partial charge < -0.3 is 9.47 Å². The number of methoxy groups -OCH3 is 2. The standard InChI is InChI=1S/C21H24N2O8S2/c1-15-14-22(32(26,27)18-10-6-4-8-16(18)20(24)30-2)12-13-23(15)33(28,29)19-11-7-5-9-17(19)21(25)31-3/h4-11,15H,12-14H2,1-3H3. The third kappa shape index (κ3) is 4.64. The third-order valence-corrected chi connectivity index (χ3v) is 9.31. The molecule has 1 saturated heterocycles. The average molecular weight is 497 g/mol. The molecule has 1 unspecified atom stereocenters. The lowest BCUT2D eigenvalue weighted by Gasteiger charge is -2.38. The van der Waals surface area contributed by atoms with Gasteiger partial charge in [0.25, 0.3) is 0 Å². The first kappa shape index (κ1) is 24.8. The number of hydrogen-bond donors (Lipinski definition) is 0. The van der Waals surface area contributed by atoms with Crippen LogP contribution in [-0.2, 0) is 29.5 Å². The van der Waals surface area contributed by atoms with E-state index in [4.69, 9.17) is 0 Å². The van der Waals surface area contributed by atoms with Gasteiger partial charge in [-0.25, -0.2) is 26.4 Å². The van der Waals surface area contributed by atoms with Gasteiger partial charge in [-0.2, -0.15) is 8.61 Å². The van der Waals surface area contributed by atoms with Crippen LogP contribution in [0.4, 0.5) is 0 Å². The lowest BCUT2D eigenvalue weighted by Crippen LogP contribution is -2.55. The van der Waals surface area contributed by atoms with Crippen molar-refractivity contribution in [2.45, 2.75) is 22.8 Å². The van der Waals surface area contributed by atoms with Gasteiger partial charge in [0.05, 0.1) is 35.1 Å². The van der Waals surface area contributed by atoms with E-state index in [0.717, 1.165) is 22.8 Å². The highest BCUT2D eigenvalue weighted by Gasteiger charge is 2.40. The van der Waals surface area contributed by atoms with Crippen molar-refractivity contribution >= 4 is 32.0 Å². The highest BCUT2D eigenvalue weighted by Crippen LogP contribution is 2.28. The zero-order valence-corrected chi connectivity index (χ0v) is 19.9. The number of piperazine rings is 1. The maximum atomic E-state index is 13.3. The lowest BCUT2D eigenvalue weighted by atomic mass is 10.2. The van der Waals surface area contributed by atoms with Gasteiger partial charge in [0.2, 0.25) is 20.0 Å². The second-order valence-corrected chi connectivity index (χ2v) is 11.1. The number of hydrogen-bond acceptors (Lipinski definition) is 8. The monoisotopic (exact) mass is 496 g/mol. The van der Waals surface area contributed by atoms with Crippen molar-refractivity contribution in [3.05, 3.63) is 59.7 Å². The van der Waals surface area contributed by atoms with Crippen LogP contribution in [-0.4, -0.2) is 77.3 Å². The number of carbonyl (C=O) groups is 2. The Bertz CT molecular complexity index is 1270. The molecule has 1 atom stereocenters. The molecule has 0 N–H and O–H groups in total. The van der Waals surface area contributed by atoms with Crippen molar-refractivity contribution < 1.29 is 35.9 Å². The third-order valence-electron chi connectivity index (χ3n) is 5.32. The maximum Gasteiger partial charge on any atom is 0.339 e. The summed E-state index contributed by atoms with van der Waals surface area (Å²) in [6.45, 7) is 1.16. The Kier molecular flexibility index (Phi) is 7.22. The number of benzene rings is 2. The van der Waals surface area contributed by atoms with Crippen molar-refractivity contribution in [3.63, 3.8) is 0 Å². The van der Waals surface area contributed by atoms with E-state index in [-0.39, 0.29) is 40.6 Å². The van der Waals surface area contributed by atoms with Gasteiger partial charge in [0.15, 0.2) is 0 Å². The summed E-state index contributed by atoms with van der Waals surface area (Å²) < 4.78 is 64.9. The minimum Gasteiger partial charge on any atom is -0.465 e. The number of ether oxygens (including phenoxy) is 2. The predicted molar refractivity (Wildman–Crippen MR) is 118 cm³/mol. The summed E-state index contributed by atoms with van der Waals surface area (Å²) in [4.78, 5) is 23.7. The minimum absolute atomic E-state index is 0.102. The molecule has 33 heavy (non-hydrogen) atoms. The molecule has 1 aliphatic heterocycles. The molecule has 3 rings (SSSR count). The van der Waals surface area contributed by atoms with Gasteiger partial charge >= 0.3 is 11.9 Å². The zero-order valence-electron chi connectivity index (χ0n) is 18.3. The summed E-state index contributed by atoms with van der Waals surface area (Å²) in [5.74, 6) is -1.58. The first-order valence-electron chi connectivity index (χ1n) is 9.92. The van der Waals surface area contributed by atoms with Gasteiger partial charge in [-0.05, 0) is 31.2 Å². The van der Waals surface area contributed by atoms with Crippen LogP contribution in [0.25, 0.3) is 0 Å². The molecule has 0 radical (unpaired) electrons. The second-order valence-electron chi connectivity index (χ2n) is 7.30. The van der Waals surface area contributed by atoms with E-state index in [9.17, 15) is 26.4 Å².